The van der Waals surface area contributed by atoms with E-state index in [1.54, 1.807) is 0 Å². The number of aromatic carboxylic acids is 1. The molecule has 0 radical (unpaired) electrons. The Labute approximate surface area is 101 Å². The van der Waals surface area contributed by atoms with Gasteiger partial charge in [-0.15, -0.1) is 0 Å². The lowest BCUT2D eigenvalue weighted by Gasteiger charge is -2.06. The summed E-state index contributed by atoms with van der Waals surface area (Å²) < 4.78 is 26.6. The van der Waals surface area contributed by atoms with Crippen molar-refractivity contribution in [3.8, 4) is 16.9 Å². The molecule has 0 amide bonds. The van der Waals surface area contributed by atoms with Crippen LogP contribution in [0.2, 0.25) is 0 Å². The monoisotopic (exact) mass is 250 g/mol. The van der Waals surface area contributed by atoms with Crippen LogP contribution in [0.3, 0.4) is 0 Å². The summed E-state index contributed by atoms with van der Waals surface area (Å²) in [5.74, 6) is -3.84. The highest BCUT2D eigenvalue weighted by molar-refractivity contribution is 5.92. The molecule has 0 fully saturated rings. The molecule has 3 nitrogen and oxygen atoms in total. The first kappa shape index (κ1) is 12.0. The number of carbonyl (C=O) groups is 1. The quantitative estimate of drug-likeness (QED) is 0.861. The van der Waals surface area contributed by atoms with E-state index in [9.17, 15) is 18.7 Å². The van der Waals surface area contributed by atoms with E-state index >= 15 is 0 Å². The van der Waals surface area contributed by atoms with E-state index in [1.807, 2.05) is 0 Å². The van der Waals surface area contributed by atoms with Crippen molar-refractivity contribution in [2.24, 2.45) is 0 Å². The number of halogens is 2. The van der Waals surface area contributed by atoms with Gasteiger partial charge in [0.15, 0.2) is 11.6 Å². The summed E-state index contributed by atoms with van der Waals surface area (Å²) in [6.07, 6.45) is 0. The molecule has 92 valence electrons. The third kappa shape index (κ3) is 2.02. The minimum atomic E-state index is -1.34. The van der Waals surface area contributed by atoms with Crippen molar-refractivity contribution in [2.75, 3.05) is 0 Å². The van der Waals surface area contributed by atoms with Gasteiger partial charge < -0.3 is 10.2 Å². The van der Waals surface area contributed by atoms with Crippen molar-refractivity contribution in [3.05, 3.63) is 53.6 Å². The summed E-state index contributed by atoms with van der Waals surface area (Å²) in [5.41, 5.74) is -0.240. The van der Waals surface area contributed by atoms with Gasteiger partial charge in [0.2, 0.25) is 0 Å². The van der Waals surface area contributed by atoms with Crippen molar-refractivity contribution in [2.45, 2.75) is 0 Å². The Kier molecular flexibility index (Phi) is 2.97. The van der Waals surface area contributed by atoms with Gasteiger partial charge in [-0.1, -0.05) is 18.2 Å². The number of phenols is 1. The highest BCUT2D eigenvalue weighted by Gasteiger charge is 2.14. The molecule has 2 aromatic rings. The first-order chi connectivity index (χ1) is 8.50. The number of carboxylic acid groups (broad SMARTS) is 1. The predicted octanol–water partition coefficient (Wildman–Crippen LogP) is 3.04. The molecule has 5 heteroatoms. The molecule has 2 rings (SSSR count). The van der Waals surface area contributed by atoms with Gasteiger partial charge in [-0.2, -0.15) is 0 Å². The first-order valence-corrected chi connectivity index (χ1v) is 5.01. The van der Waals surface area contributed by atoms with E-state index in [0.29, 0.717) is 0 Å². The van der Waals surface area contributed by atoms with E-state index in [-0.39, 0.29) is 16.7 Å². The van der Waals surface area contributed by atoms with Gasteiger partial charge in [0.25, 0.3) is 0 Å². The Morgan fingerprint density at radius 3 is 2.50 bits per heavy atom. The first-order valence-electron chi connectivity index (χ1n) is 5.01. The standard InChI is InChI=1S/C13H8F2O3/c14-10-3-1-2-8(12(10)15)7-4-5-11(16)9(6-7)13(17)18/h1-6,16H,(H,17,18). The summed E-state index contributed by atoms with van der Waals surface area (Å²) in [4.78, 5) is 10.8. The van der Waals surface area contributed by atoms with E-state index in [2.05, 4.69) is 0 Å². The van der Waals surface area contributed by atoms with Crippen LogP contribution in [-0.2, 0) is 0 Å². The normalized spacial score (nSPS) is 10.3. The largest absolute Gasteiger partial charge is 0.507 e. The van der Waals surface area contributed by atoms with Gasteiger partial charge in [0.05, 0.1) is 0 Å². The topological polar surface area (TPSA) is 57.5 Å². The minimum absolute atomic E-state index is 0.0579. The Balaban J connectivity index is 2.62. The molecule has 0 spiro atoms. The second kappa shape index (κ2) is 4.44. The van der Waals surface area contributed by atoms with Crippen LogP contribution >= 0.6 is 0 Å². The van der Waals surface area contributed by atoms with Crippen molar-refractivity contribution >= 4 is 5.97 Å². The lowest BCUT2D eigenvalue weighted by molar-refractivity contribution is 0.0694. The van der Waals surface area contributed by atoms with Gasteiger partial charge in [0, 0.05) is 5.56 Å². The predicted molar refractivity (Wildman–Crippen MR) is 60.4 cm³/mol. The molecule has 0 bridgehead atoms. The molecule has 0 aliphatic rings. The van der Waals surface area contributed by atoms with Crippen molar-refractivity contribution < 1.29 is 23.8 Å². The highest BCUT2D eigenvalue weighted by atomic mass is 19.2. The highest BCUT2D eigenvalue weighted by Crippen LogP contribution is 2.28. The lowest BCUT2D eigenvalue weighted by atomic mass is 10.0. The number of rotatable bonds is 2. The number of benzene rings is 2. The molecule has 2 aromatic carbocycles. The molecule has 0 saturated heterocycles. The Morgan fingerprint density at radius 2 is 1.83 bits per heavy atom. The third-order valence-electron chi connectivity index (χ3n) is 2.49. The maximum atomic E-state index is 13.5. The van der Waals surface area contributed by atoms with Crippen LogP contribution in [0.5, 0.6) is 5.75 Å². The molecule has 0 unspecified atom stereocenters. The SMILES string of the molecule is O=C(O)c1cc(-c2cccc(F)c2F)ccc1O. The van der Waals surface area contributed by atoms with Crippen LogP contribution in [0, 0.1) is 11.6 Å². The van der Waals surface area contributed by atoms with E-state index in [1.165, 1.54) is 18.2 Å². The zero-order valence-electron chi connectivity index (χ0n) is 9.02. The Hall–Kier alpha value is -2.43. The summed E-state index contributed by atoms with van der Waals surface area (Å²) in [7, 11) is 0. The molecular formula is C13H8F2O3. The van der Waals surface area contributed by atoms with Crippen LogP contribution in [-0.4, -0.2) is 16.2 Å². The molecular weight excluding hydrogens is 242 g/mol. The fourth-order valence-corrected chi connectivity index (χ4v) is 1.60. The van der Waals surface area contributed by atoms with E-state index in [0.717, 1.165) is 18.2 Å². The Morgan fingerprint density at radius 1 is 1.11 bits per heavy atom. The van der Waals surface area contributed by atoms with Gasteiger partial charge in [-0.25, -0.2) is 13.6 Å². The van der Waals surface area contributed by atoms with Crippen LogP contribution in [0.1, 0.15) is 10.4 Å². The number of carboxylic acids is 1. The summed E-state index contributed by atoms with van der Waals surface area (Å²) in [6.45, 7) is 0. The molecule has 0 heterocycles. The zero-order valence-corrected chi connectivity index (χ0v) is 9.02. The summed E-state index contributed by atoms with van der Waals surface area (Å²) in [5, 5.41) is 18.2. The van der Waals surface area contributed by atoms with Gasteiger partial charge in [0.1, 0.15) is 11.3 Å². The number of hydrogen-bond donors (Lipinski definition) is 2. The van der Waals surface area contributed by atoms with Gasteiger partial charge in [-0.3, -0.25) is 0 Å². The second-order valence-electron chi connectivity index (χ2n) is 3.64. The molecule has 0 aliphatic carbocycles. The smallest absolute Gasteiger partial charge is 0.339 e. The Bertz CT molecular complexity index is 624. The van der Waals surface area contributed by atoms with Crippen molar-refractivity contribution in [1.29, 1.82) is 0 Å². The average Bonchev–Trinajstić information content (AvgIpc) is 2.33. The molecule has 2 N–H and O–H groups in total. The molecule has 0 saturated carbocycles. The number of aromatic hydroxyl groups is 1. The fraction of sp³-hybridized carbons (Fsp3) is 0. The van der Waals surface area contributed by atoms with Gasteiger partial charge >= 0.3 is 5.97 Å². The molecule has 18 heavy (non-hydrogen) atoms. The molecule has 0 atom stereocenters. The maximum absolute atomic E-state index is 13.5. The van der Waals surface area contributed by atoms with Crippen LogP contribution < -0.4 is 0 Å². The van der Waals surface area contributed by atoms with E-state index in [4.69, 9.17) is 5.11 Å². The van der Waals surface area contributed by atoms with Crippen LogP contribution in [0.25, 0.3) is 11.1 Å². The zero-order chi connectivity index (χ0) is 13.3. The molecule has 0 aromatic heterocycles. The second-order valence-corrected chi connectivity index (χ2v) is 3.64. The van der Waals surface area contributed by atoms with E-state index < -0.39 is 23.4 Å². The maximum Gasteiger partial charge on any atom is 0.339 e. The van der Waals surface area contributed by atoms with Crippen LogP contribution in [0.4, 0.5) is 8.78 Å². The minimum Gasteiger partial charge on any atom is -0.507 e. The third-order valence-corrected chi connectivity index (χ3v) is 2.49. The van der Waals surface area contributed by atoms with Crippen molar-refractivity contribution in [1.82, 2.24) is 0 Å². The number of hydrogen-bond acceptors (Lipinski definition) is 2. The molecule has 0 aliphatic heterocycles. The van der Waals surface area contributed by atoms with Crippen molar-refractivity contribution in [3.63, 3.8) is 0 Å². The summed E-state index contributed by atoms with van der Waals surface area (Å²) in [6, 6.07) is 7.16. The van der Waals surface area contributed by atoms with Crippen LogP contribution in [0.15, 0.2) is 36.4 Å². The average molecular weight is 250 g/mol. The summed E-state index contributed by atoms with van der Waals surface area (Å²) >= 11 is 0. The van der Waals surface area contributed by atoms with Gasteiger partial charge in [-0.05, 0) is 23.8 Å². The lowest BCUT2D eigenvalue weighted by Crippen LogP contribution is -1.98. The fourth-order valence-electron chi connectivity index (χ4n) is 1.60.